The summed E-state index contributed by atoms with van der Waals surface area (Å²) in [6, 6.07) is 11.4. The lowest BCUT2D eigenvalue weighted by Crippen LogP contribution is -2.42. The molecule has 6 nitrogen and oxygen atoms in total. The van der Waals surface area contributed by atoms with E-state index >= 15 is 0 Å². The average Bonchev–Trinajstić information content (AvgIpc) is 3.15. The van der Waals surface area contributed by atoms with Crippen LogP contribution < -0.4 is 9.64 Å². The lowest BCUT2D eigenvalue weighted by molar-refractivity contribution is -0.139. The summed E-state index contributed by atoms with van der Waals surface area (Å²) in [5.74, 6) is 0.527. The molecule has 0 saturated carbocycles. The molecule has 0 aliphatic carbocycles. The molecule has 0 N–H and O–H groups in total. The Morgan fingerprint density at radius 3 is 2.71 bits per heavy atom. The van der Waals surface area contributed by atoms with Crippen LogP contribution in [0.3, 0.4) is 0 Å². The summed E-state index contributed by atoms with van der Waals surface area (Å²) >= 11 is 0. The van der Waals surface area contributed by atoms with Gasteiger partial charge in [-0.15, -0.1) is 0 Å². The van der Waals surface area contributed by atoms with E-state index in [4.69, 9.17) is 4.74 Å². The molecule has 28 heavy (non-hydrogen) atoms. The highest BCUT2D eigenvalue weighted by Gasteiger charge is 2.39. The molecule has 4 rings (SSSR count). The second-order valence-electron chi connectivity index (χ2n) is 7.43. The number of likely N-dealkylation sites (tertiary alicyclic amines) is 1. The normalized spacial score (nSPS) is 22.4. The molecular weight excluding hydrogens is 354 g/mol. The fourth-order valence-corrected chi connectivity index (χ4v) is 4.23. The van der Waals surface area contributed by atoms with Gasteiger partial charge in [-0.05, 0) is 55.2 Å². The molecule has 1 aromatic carbocycles. The Labute approximate surface area is 165 Å². The van der Waals surface area contributed by atoms with Gasteiger partial charge in [0.15, 0.2) is 0 Å². The summed E-state index contributed by atoms with van der Waals surface area (Å²) in [5, 5.41) is 0. The number of rotatable bonds is 4. The van der Waals surface area contributed by atoms with Crippen molar-refractivity contribution < 1.29 is 14.3 Å². The van der Waals surface area contributed by atoms with Crippen molar-refractivity contribution in [1.82, 2.24) is 9.88 Å². The van der Waals surface area contributed by atoms with Gasteiger partial charge >= 0.3 is 0 Å². The highest BCUT2D eigenvalue weighted by atomic mass is 16.5. The zero-order chi connectivity index (χ0) is 19.5. The number of hydrogen-bond donors (Lipinski definition) is 0. The Hall–Kier alpha value is -2.89. The maximum Gasteiger partial charge on any atom is 0.228 e. The van der Waals surface area contributed by atoms with Crippen LogP contribution in [-0.4, -0.2) is 41.9 Å². The van der Waals surface area contributed by atoms with E-state index in [1.165, 1.54) is 0 Å². The molecule has 2 atom stereocenters. The number of aromatic nitrogens is 1. The molecule has 0 unspecified atom stereocenters. The van der Waals surface area contributed by atoms with Gasteiger partial charge in [-0.25, -0.2) is 0 Å². The third-order valence-electron chi connectivity index (χ3n) is 5.71. The Morgan fingerprint density at radius 1 is 1.18 bits per heavy atom. The van der Waals surface area contributed by atoms with E-state index in [0.29, 0.717) is 6.54 Å². The number of piperidine rings is 1. The predicted molar refractivity (Wildman–Crippen MR) is 106 cm³/mol. The van der Waals surface area contributed by atoms with Crippen molar-refractivity contribution in [2.24, 2.45) is 5.92 Å². The van der Waals surface area contributed by atoms with E-state index in [0.717, 1.165) is 42.8 Å². The van der Waals surface area contributed by atoms with Crippen LogP contribution in [0.15, 0.2) is 48.8 Å². The van der Waals surface area contributed by atoms with Crippen molar-refractivity contribution in [3.63, 3.8) is 0 Å². The van der Waals surface area contributed by atoms with Crippen LogP contribution in [0.2, 0.25) is 0 Å². The highest BCUT2D eigenvalue weighted by Crippen LogP contribution is 2.34. The number of carbonyl (C=O) groups is 2. The lowest BCUT2D eigenvalue weighted by Gasteiger charge is -2.37. The van der Waals surface area contributed by atoms with Crippen LogP contribution in [0.4, 0.5) is 5.69 Å². The zero-order valence-corrected chi connectivity index (χ0v) is 16.1. The molecule has 0 radical (unpaired) electrons. The van der Waals surface area contributed by atoms with E-state index in [1.54, 1.807) is 18.2 Å². The molecule has 6 heteroatoms. The first-order valence-corrected chi connectivity index (χ1v) is 9.82. The monoisotopic (exact) mass is 379 g/mol. The summed E-state index contributed by atoms with van der Waals surface area (Å²) in [6.45, 7) is 1.17. The third-order valence-corrected chi connectivity index (χ3v) is 5.71. The Morgan fingerprint density at radius 2 is 2.00 bits per heavy atom. The van der Waals surface area contributed by atoms with Crippen molar-refractivity contribution in [1.29, 1.82) is 0 Å². The molecule has 2 amide bonds. The summed E-state index contributed by atoms with van der Waals surface area (Å²) in [7, 11) is 1.61. The van der Waals surface area contributed by atoms with E-state index in [1.807, 2.05) is 47.5 Å². The maximum absolute atomic E-state index is 13.3. The van der Waals surface area contributed by atoms with Gasteiger partial charge in [-0.2, -0.15) is 0 Å². The first kappa shape index (κ1) is 18.5. The van der Waals surface area contributed by atoms with Crippen molar-refractivity contribution in [2.75, 3.05) is 25.1 Å². The fourth-order valence-electron chi connectivity index (χ4n) is 4.23. The molecule has 1 aromatic heterocycles. The van der Waals surface area contributed by atoms with Crippen LogP contribution in [0.1, 0.15) is 37.3 Å². The first-order chi connectivity index (χ1) is 13.7. The van der Waals surface area contributed by atoms with E-state index in [9.17, 15) is 9.59 Å². The average molecular weight is 379 g/mol. The standard InChI is InChI=1S/C22H25N3O3/c1-28-19-9-7-18(8-10-19)25-15-17(13-21(25)26)22(27)24-12-3-2-6-20(24)16-5-4-11-23-14-16/h4-5,7-11,14,17,20H,2-3,6,12-13,15H2,1H3/t17-,20+/m1/s1. The number of pyridine rings is 1. The minimum absolute atomic E-state index is 0.00143. The summed E-state index contributed by atoms with van der Waals surface area (Å²) < 4.78 is 5.18. The molecule has 0 spiro atoms. The molecule has 0 bridgehead atoms. The lowest BCUT2D eigenvalue weighted by atomic mass is 9.94. The number of carbonyl (C=O) groups excluding carboxylic acids is 2. The quantitative estimate of drug-likeness (QED) is 0.818. The van der Waals surface area contributed by atoms with Crippen LogP contribution >= 0.6 is 0 Å². The second-order valence-corrected chi connectivity index (χ2v) is 7.43. The van der Waals surface area contributed by atoms with Crippen molar-refractivity contribution in [3.05, 3.63) is 54.4 Å². The Kier molecular flexibility index (Phi) is 5.28. The van der Waals surface area contributed by atoms with Gasteiger partial charge in [0, 0.05) is 37.6 Å². The van der Waals surface area contributed by atoms with Gasteiger partial charge in [0.05, 0.1) is 19.1 Å². The largest absolute Gasteiger partial charge is 0.497 e. The first-order valence-electron chi connectivity index (χ1n) is 9.82. The smallest absolute Gasteiger partial charge is 0.228 e. The Bertz CT molecular complexity index is 838. The van der Waals surface area contributed by atoms with Crippen molar-refractivity contribution >= 4 is 17.5 Å². The topological polar surface area (TPSA) is 62.7 Å². The van der Waals surface area contributed by atoms with E-state index in [-0.39, 0.29) is 30.2 Å². The number of ether oxygens (including phenoxy) is 1. The number of benzene rings is 1. The number of nitrogens with zero attached hydrogens (tertiary/aromatic N) is 3. The minimum atomic E-state index is -0.299. The van der Waals surface area contributed by atoms with Gasteiger partial charge < -0.3 is 14.5 Å². The third kappa shape index (κ3) is 3.59. The zero-order valence-electron chi connectivity index (χ0n) is 16.1. The van der Waals surface area contributed by atoms with E-state index < -0.39 is 0 Å². The van der Waals surface area contributed by atoms with Crippen LogP contribution in [0.25, 0.3) is 0 Å². The SMILES string of the molecule is COc1ccc(N2C[C@H](C(=O)N3CCCC[C@H]3c3cccnc3)CC2=O)cc1. The molecule has 2 saturated heterocycles. The summed E-state index contributed by atoms with van der Waals surface area (Å²) in [4.78, 5) is 33.8. The van der Waals surface area contributed by atoms with Crippen molar-refractivity contribution in [2.45, 2.75) is 31.7 Å². The van der Waals surface area contributed by atoms with Crippen LogP contribution in [0, 0.1) is 5.92 Å². The van der Waals surface area contributed by atoms with Gasteiger partial charge in [-0.1, -0.05) is 6.07 Å². The van der Waals surface area contributed by atoms with Gasteiger partial charge in [0.2, 0.25) is 11.8 Å². The summed E-state index contributed by atoms with van der Waals surface area (Å²) in [6.07, 6.45) is 6.91. The van der Waals surface area contributed by atoms with Crippen LogP contribution in [0.5, 0.6) is 5.75 Å². The molecule has 2 fully saturated rings. The number of anilines is 1. The predicted octanol–water partition coefficient (Wildman–Crippen LogP) is 3.20. The highest BCUT2D eigenvalue weighted by molar-refractivity contribution is 6.00. The minimum Gasteiger partial charge on any atom is -0.497 e. The van der Waals surface area contributed by atoms with Gasteiger partial charge in [0.25, 0.3) is 0 Å². The molecule has 146 valence electrons. The molecule has 2 aliphatic heterocycles. The number of amides is 2. The molecular formula is C22H25N3O3. The number of methoxy groups -OCH3 is 1. The maximum atomic E-state index is 13.3. The summed E-state index contributed by atoms with van der Waals surface area (Å²) in [5.41, 5.74) is 1.88. The fraction of sp³-hybridized carbons (Fsp3) is 0.409. The second kappa shape index (κ2) is 8.00. The van der Waals surface area contributed by atoms with Crippen LogP contribution in [-0.2, 0) is 9.59 Å². The molecule has 2 aromatic rings. The van der Waals surface area contributed by atoms with Gasteiger partial charge in [0.1, 0.15) is 5.75 Å². The number of hydrogen-bond acceptors (Lipinski definition) is 4. The molecule has 3 heterocycles. The van der Waals surface area contributed by atoms with E-state index in [2.05, 4.69) is 4.98 Å². The molecule has 2 aliphatic rings. The Balaban J connectivity index is 1.50. The van der Waals surface area contributed by atoms with Crippen molar-refractivity contribution in [3.8, 4) is 5.75 Å². The van der Waals surface area contributed by atoms with Gasteiger partial charge in [-0.3, -0.25) is 14.6 Å².